The van der Waals surface area contributed by atoms with E-state index in [1.165, 1.54) is 0 Å². The summed E-state index contributed by atoms with van der Waals surface area (Å²) in [5.74, 6) is -0.511. The zero-order valence-electron chi connectivity index (χ0n) is 16.8. The van der Waals surface area contributed by atoms with E-state index in [0.29, 0.717) is 25.4 Å². The molecule has 2 atom stereocenters. The predicted molar refractivity (Wildman–Crippen MR) is 104 cm³/mol. The lowest BCUT2D eigenvalue weighted by Gasteiger charge is -2.12. The zero-order valence-corrected chi connectivity index (χ0v) is 16.8. The maximum atomic E-state index is 11.2. The van der Waals surface area contributed by atoms with Crippen LogP contribution in [0.5, 0.6) is 0 Å². The smallest absolute Gasteiger partial charge is 0.333 e. The summed E-state index contributed by atoms with van der Waals surface area (Å²) >= 11 is 0. The fourth-order valence-corrected chi connectivity index (χ4v) is 1.96. The topological polar surface area (TPSA) is 94.5 Å². The van der Waals surface area contributed by atoms with Crippen molar-refractivity contribution in [2.75, 3.05) is 46.2 Å². The third-order valence-electron chi connectivity index (χ3n) is 3.36. The Bertz CT molecular complexity index is 423. The van der Waals surface area contributed by atoms with E-state index < -0.39 is 18.2 Å². The summed E-state index contributed by atoms with van der Waals surface area (Å²) in [6, 6.07) is 0. The van der Waals surface area contributed by atoms with Crippen molar-refractivity contribution < 1.29 is 34.0 Å². The van der Waals surface area contributed by atoms with Crippen LogP contribution in [0, 0.1) is 0 Å². The van der Waals surface area contributed by atoms with E-state index in [9.17, 15) is 15.0 Å². The van der Waals surface area contributed by atoms with Gasteiger partial charge in [0.2, 0.25) is 0 Å². The highest BCUT2D eigenvalue weighted by Crippen LogP contribution is 2.02. The Labute approximate surface area is 162 Å². The molecule has 0 radical (unpaired) electrons. The van der Waals surface area contributed by atoms with Gasteiger partial charge in [-0.2, -0.15) is 0 Å². The van der Waals surface area contributed by atoms with Crippen LogP contribution in [0.1, 0.15) is 39.5 Å². The number of rotatable bonds is 18. The van der Waals surface area contributed by atoms with Gasteiger partial charge in [0, 0.05) is 18.8 Å². The molecule has 2 N–H and O–H groups in total. The number of aliphatic hydroxyl groups excluding tert-OH is 2. The minimum atomic E-state index is -0.826. The Morgan fingerprint density at radius 2 is 1.30 bits per heavy atom. The van der Waals surface area contributed by atoms with Crippen molar-refractivity contribution in [2.45, 2.75) is 51.7 Å². The van der Waals surface area contributed by atoms with Crippen LogP contribution in [0.2, 0.25) is 0 Å². The first kappa shape index (κ1) is 25.8. The number of hydrogen-bond acceptors (Lipinski definition) is 7. The Balaban J connectivity index is 3.34. The Kier molecular flexibility index (Phi) is 16.1. The lowest BCUT2D eigenvalue weighted by atomic mass is 10.2. The van der Waals surface area contributed by atoms with E-state index >= 15 is 0 Å². The van der Waals surface area contributed by atoms with Gasteiger partial charge >= 0.3 is 5.97 Å². The summed E-state index contributed by atoms with van der Waals surface area (Å²) in [7, 11) is 0. The van der Waals surface area contributed by atoms with Crippen molar-refractivity contribution in [3.63, 3.8) is 0 Å². The van der Waals surface area contributed by atoms with Gasteiger partial charge in [0.1, 0.15) is 18.8 Å². The number of aliphatic hydroxyl groups is 2. The second-order valence-corrected chi connectivity index (χ2v) is 6.72. The second kappa shape index (κ2) is 16.9. The maximum absolute atomic E-state index is 11.2. The number of esters is 1. The third kappa shape index (κ3) is 17.9. The molecule has 0 rings (SSSR count). The van der Waals surface area contributed by atoms with E-state index in [4.69, 9.17) is 18.9 Å². The molecule has 158 valence electrons. The minimum Gasteiger partial charge on any atom is -0.460 e. The van der Waals surface area contributed by atoms with Gasteiger partial charge in [-0.05, 0) is 26.7 Å². The fourth-order valence-electron chi connectivity index (χ4n) is 1.96. The van der Waals surface area contributed by atoms with Gasteiger partial charge in [-0.1, -0.05) is 31.6 Å². The van der Waals surface area contributed by atoms with Crippen molar-refractivity contribution >= 4 is 5.97 Å². The third-order valence-corrected chi connectivity index (χ3v) is 3.36. The van der Waals surface area contributed by atoms with Crippen LogP contribution in [0.15, 0.2) is 24.3 Å². The largest absolute Gasteiger partial charge is 0.460 e. The minimum absolute atomic E-state index is 0.0902. The Morgan fingerprint density at radius 3 is 1.78 bits per heavy atom. The first-order valence-electron chi connectivity index (χ1n) is 9.39. The summed E-state index contributed by atoms with van der Waals surface area (Å²) in [5.41, 5.74) is 1.23. The Morgan fingerprint density at radius 1 is 0.815 bits per heavy atom. The predicted octanol–water partition coefficient (Wildman–Crippen LogP) is 2.01. The summed E-state index contributed by atoms with van der Waals surface area (Å²) in [6.07, 6.45) is 2.36. The first-order chi connectivity index (χ1) is 12.8. The van der Waals surface area contributed by atoms with E-state index in [1.807, 2.05) is 6.92 Å². The molecule has 0 aromatic rings. The molecular weight excluding hydrogens is 352 g/mol. The van der Waals surface area contributed by atoms with Crippen molar-refractivity contribution in [3.05, 3.63) is 24.3 Å². The molecule has 0 amide bonds. The molecule has 7 nitrogen and oxygen atoms in total. The van der Waals surface area contributed by atoms with Gasteiger partial charge in [-0.3, -0.25) is 0 Å². The summed E-state index contributed by atoms with van der Waals surface area (Å²) in [6.45, 7) is 12.8. The quantitative estimate of drug-likeness (QED) is 0.161. The summed E-state index contributed by atoms with van der Waals surface area (Å²) in [4.78, 5) is 11.2. The zero-order chi connectivity index (χ0) is 20.5. The number of unbranched alkanes of at least 4 members (excludes halogenated alkanes) is 3. The molecule has 0 aromatic heterocycles. The van der Waals surface area contributed by atoms with Crippen molar-refractivity contribution in [1.82, 2.24) is 0 Å². The number of ether oxygens (including phenoxy) is 4. The van der Waals surface area contributed by atoms with E-state index in [-0.39, 0.29) is 26.4 Å². The average Bonchev–Trinajstić information content (AvgIpc) is 2.60. The van der Waals surface area contributed by atoms with Gasteiger partial charge in [-0.25, -0.2) is 4.79 Å². The molecule has 0 bridgehead atoms. The fraction of sp³-hybridized carbons (Fsp3) is 0.750. The average molecular weight is 389 g/mol. The van der Waals surface area contributed by atoms with Gasteiger partial charge in [0.15, 0.2) is 0 Å². The molecular formula is C20H36O7. The van der Waals surface area contributed by atoms with Crippen LogP contribution in [0.3, 0.4) is 0 Å². The van der Waals surface area contributed by atoms with E-state index in [2.05, 4.69) is 13.2 Å². The SMILES string of the molecule is C=C(C)COCC(O)COCCCCCCOCC(O)COC(=O)C(=C)C. The Hall–Kier alpha value is -1.25. The molecule has 0 aliphatic carbocycles. The molecule has 0 aliphatic rings. The molecule has 0 aromatic carbocycles. The highest BCUT2D eigenvalue weighted by molar-refractivity contribution is 5.86. The highest BCUT2D eigenvalue weighted by atomic mass is 16.5. The molecule has 0 saturated heterocycles. The van der Waals surface area contributed by atoms with Gasteiger partial charge in [0.05, 0.1) is 26.4 Å². The van der Waals surface area contributed by atoms with Crippen LogP contribution < -0.4 is 0 Å². The molecule has 0 heterocycles. The lowest BCUT2D eigenvalue weighted by molar-refractivity contribution is -0.143. The van der Waals surface area contributed by atoms with Crippen LogP contribution >= 0.6 is 0 Å². The second-order valence-electron chi connectivity index (χ2n) is 6.72. The van der Waals surface area contributed by atoms with Crippen molar-refractivity contribution in [3.8, 4) is 0 Å². The molecule has 0 fully saturated rings. The number of carbonyl (C=O) groups is 1. The van der Waals surface area contributed by atoms with E-state index in [1.54, 1.807) is 6.92 Å². The standard InChI is InChI=1S/C20H36O7/c1-16(2)11-26-14-18(21)12-24-9-7-5-6-8-10-25-13-19(22)15-27-20(23)17(3)4/h18-19,21-22H,1,3,5-15H2,2,4H3. The van der Waals surface area contributed by atoms with Crippen LogP contribution in [-0.4, -0.2) is 74.6 Å². The lowest BCUT2D eigenvalue weighted by Crippen LogP contribution is -2.24. The van der Waals surface area contributed by atoms with Gasteiger partial charge < -0.3 is 29.2 Å². The number of carbonyl (C=O) groups excluding carboxylic acids is 1. The molecule has 7 heteroatoms. The van der Waals surface area contributed by atoms with Gasteiger partial charge in [0.25, 0.3) is 0 Å². The van der Waals surface area contributed by atoms with Crippen LogP contribution in [-0.2, 0) is 23.7 Å². The molecule has 0 saturated carbocycles. The van der Waals surface area contributed by atoms with Crippen molar-refractivity contribution in [2.24, 2.45) is 0 Å². The molecule has 2 unspecified atom stereocenters. The van der Waals surface area contributed by atoms with Crippen LogP contribution in [0.4, 0.5) is 0 Å². The summed E-state index contributed by atoms with van der Waals surface area (Å²) in [5, 5.41) is 19.3. The highest BCUT2D eigenvalue weighted by Gasteiger charge is 2.09. The summed E-state index contributed by atoms with van der Waals surface area (Å²) < 4.78 is 20.9. The normalized spacial score (nSPS) is 13.2. The molecule has 27 heavy (non-hydrogen) atoms. The van der Waals surface area contributed by atoms with Gasteiger partial charge in [-0.15, -0.1) is 0 Å². The number of hydrogen-bond donors (Lipinski definition) is 2. The maximum Gasteiger partial charge on any atom is 0.333 e. The first-order valence-corrected chi connectivity index (χ1v) is 9.39. The van der Waals surface area contributed by atoms with Crippen LogP contribution in [0.25, 0.3) is 0 Å². The molecule has 0 spiro atoms. The molecule has 0 aliphatic heterocycles. The van der Waals surface area contributed by atoms with E-state index in [0.717, 1.165) is 31.3 Å². The van der Waals surface area contributed by atoms with Crippen molar-refractivity contribution in [1.29, 1.82) is 0 Å². The monoisotopic (exact) mass is 388 g/mol.